The van der Waals surface area contributed by atoms with Crippen molar-refractivity contribution in [2.75, 3.05) is 33.9 Å². The summed E-state index contributed by atoms with van der Waals surface area (Å²) in [6, 6.07) is 8.10. The van der Waals surface area contributed by atoms with Crippen LogP contribution in [0.4, 0.5) is 0 Å². The molecule has 0 saturated carbocycles. The fourth-order valence-corrected chi connectivity index (χ4v) is 2.95. The van der Waals surface area contributed by atoms with E-state index in [0.29, 0.717) is 31.6 Å². The van der Waals surface area contributed by atoms with Crippen molar-refractivity contribution >= 4 is 41.3 Å². The molecule has 8 heteroatoms. The van der Waals surface area contributed by atoms with Gasteiger partial charge in [0.15, 0.2) is 5.96 Å². The second-order valence-corrected chi connectivity index (χ2v) is 6.55. The maximum atomic E-state index is 5.46. The number of nitrogens with one attached hydrogen (secondary N) is 2. The number of nitrogens with zero attached hydrogens (tertiary/aromatic N) is 2. The number of hydrogen-bond donors (Lipinski definition) is 2. The van der Waals surface area contributed by atoms with Crippen LogP contribution in [0.25, 0.3) is 0 Å². The highest BCUT2D eigenvalue weighted by Crippen LogP contribution is 2.19. The molecule has 0 aliphatic carbocycles. The van der Waals surface area contributed by atoms with E-state index < -0.39 is 0 Å². The summed E-state index contributed by atoms with van der Waals surface area (Å²) in [6.07, 6.45) is 1.80. The van der Waals surface area contributed by atoms with Crippen molar-refractivity contribution in [3.05, 3.63) is 46.3 Å². The van der Waals surface area contributed by atoms with Gasteiger partial charge in [-0.05, 0) is 17.0 Å². The molecule has 0 spiro atoms. The molecule has 2 rings (SSSR count). The zero-order valence-corrected chi connectivity index (χ0v) is 18.5. The van der Waals surface area contributed by atoms with Crippen LogP contribution in [0.2, 0.25) is 0 Å². The molecule has 0 saturated heterocycles. The average molecular weight is 490 g/mol. The topological polar surface area (TPSA) is 67.8 Å². The first kappa shape index (κ1) is 22.7. The molecule has 26 heavy (non-hydrogen) atoms. The molecule has 0 aliphatic heterocycles. The third-order valence-corrected chi connectivity index (χ3v) is 4.73. The first-order chi connectivity index (χ1) is 12.2. The Bertz CT molecular complexity index is 635. The normalized spacial score (nSPS) is 12.2. The van der Waals surface area contributed by atoms with Gasteiger partial charge in [0.1, 0.15) is 6.61 Å². The van der Waals surface area contributed by atoms with Crippen molar-refractivity contribution in [2.45, 2.75) is 19.4 Å². The molecule has 0 bridgehead atoms. The molecule has 2 heterocycles. The lowest BCUT2D eigenvalue weighted by atomic mass is 10.1. The molecule has 2 N–H and O–H groups in total. The van der Waals surface area contributed by atoms with Gasteiger partial charge in [-0.25, -0.2) is 4.98 Å². The highest BCUT2D eigenvalue weighted by molar-refractivity contribution is 14.0. The minimum Gasteiger partial charge on any atom is -0.475 e. The molecular weight excluding hydrogens is 463 g/mol. The fraction of sp³-hybridized carbons (Fsp3) is 0.444. The van der Waals surface area contributed by atoms with Crippen molar-refractivity contribution in [3.8, 4) is 5.88 Å². The summed E-state index contributed by atoms with van der Waals surface area (Å²) in [4.78, 5) is 9.92. The smallest absolute Gasteiger partial charge is 0.213 e. The fourth-order valence-electron chi connectivity index (χ4n) is 2.16. The molecule has 1 atom stereocenters. The van der Waals surface area contributed by atoms with Crippen LogP contribution in [0.5, 0.6) is 5.88 Å². The van der Waals surface area contributed by atoms with Gasteiger partial charge in [-0.3, -0.25) is 4.99 Å². The zero-order valence-electron chi connectivity index (χ0n) is 15.4. The van der Waals surface area contributed by atoms with Gasteiger partial charge in [-0.1, -0.05) is 19.1 Å². The van der Waals surface area contributed by atoms with Gasteiger partial charge in [-0.15, -0.1) is 35.3 Å². The SMILES string of the molecule is CN=C(NCc1ccc(OCCOC)nc1)NCC(C)c1cccs1.I. The predicted octanol–water partition coefficient (Wildman–Crippen LogP) is 3.26. The number of halogens is 1. The monoisotopic (exact) mass is 490 g/mol. The number of guanidine groups is 1. The lowest BCUT2D eigenvalue weighted by Crippen LogP contribution is -2.38. The maximum absolute atomic E-state index is 5.46. The van der Waals surface area contributed by atoms with Crippen LogP contribution in [0.3, 0.4) is 0 Å². The lowest BCUT2D eigenvalue weighted by Gasteiger charge is -2.15. The number of pyridine rings is 1. The van der Waals surface area contributed by atoms with E-state index in [1.807, 2.05) is 12.1 Å². The van der Waals surface area contributed by atoms with Gasteiger partial charge < -0.3 is 20.1 Å². The van der Waals surface area contributed by atoms with Crippen LogP contribution in [-0.2, 0) is 11.3 Å². The summed E-state index contributed by atoms with van der Waals surface area (Å²) in [6.45, 7) is 4.75. The van der Waals surface area contributed by atoms with E-state index in [0.717, 1.165) is 18.1 Å². The third-order valence-electron chi connectivity index (χ3n) is 3.62. The molecule has 0 aliphatic rings. The van der Waals surface area contributed by atoms with Crippen molar-refractivity contribution < 1.29 is 9.47 Å². The van der Waals surface area contributed by atoms with Gasteiger partial charge >= 0.3 is 0 Å². The number of ether oxygens (including phenoxy) is 2. The number of aromatic nitrogens is 1. The van der Waals surface area contributed by atoms with E-state index in [1.165, 1.54) is 4.88 Å². The van der Waals surface area contributed by atoms with Crippen molar-refractivity contribution in [1.82, 2.24) is 15.6 Å². The molecule has 6 nitrogen and oxygen atoms in total. The van der Waals surface area contributed by atoms with Gasteiger partial charge in [0.05, 0.1) is 6.61 Å². The Morgan fingerprint density at radius 3 is 2.73 bits per heavy atom. The van der Waals surface area contributed by atoms with Gasteiger partial charge in [0, 0.05) is 50.3 Å². The maximum Gasteiger partial charge on any atom is 0.213 e. The molecular formula is C18H27IN4O2S. The second kappa shape index (κ2) is 12.9. The molecule has 1 unspecified atom stereocenters. The highest BCUT2D eigenvalue weighted by atomic mass is 127. The van der Waals surface area contributed by atoms with Crippen LogP contribution in [0, 0.1) is 0 Å². The van der Waals surface area contributed by atoms with Crippen LogP contribution < -0.4 is 15.4 Å². The van der Waals surface area contributed by atoms with E-state index in [-0.39, 0.29) is 24.0 Å². The quantitative estimate of drug-likeness (QED) is 0.245. The number of thiophene rings is 1. The highest BCUT2D eigenvalue weighted by Gasteiger charge is 2.07. The largest absolute Gasteiger partial charge is 0.475 e. The lowest BCUT2D eigenvalue weighted by molar-refractivity contribution is 0.143. The first-order valence-corrected chi connectivity index (χ1v) is 9.15. The molecule has 0 aromatic carbocycles. The molecule has 0 fully saturated rings. The average Bonchev–Trinajstić information content (AvgIpc) is 3.18. The Kier molecular flexibility index (Phi) is 11.2. The van der Waals surface area contributed by atoms with Gasteiger partial charge in [0.25, 0.3) is 0 Å². The van der Waals surface area contributed by atoms with Crippen molar-refractivity contribution in [3.63, 3.8) is 0 Å². The molecule has 144 valence electrons. The number of rotatable bonds is 9. The summed E-state index contributed by atoms with van der Waals surface area (Å²) in [5.41, 5.74) is 1.06. The van der Waals surface area contributed by atoms with Gasteiger partial charge in [-0.2, -0.15) is 0 Å². The number of aliphatic imine (C=N–C) groups is 1. The van der Waals surface area contributed by atoms with Crippen molar-refractivity contribution in [1.29, 1.82) is 0 Å². The van der Waals surface area contributed by atoms with E-state index in [9.17, 15) is 0 Å². The van der Waals surface area contributed by atoms with Crippen LogP contribution in [-0.4, -0.2) is 44.9 Å². The summed E-state index contributed by atoms with van der Waals surface area (Å²) in [5, 5.41) is 8.77. The minimum atomic E-state index is 0. The molecule has 0 radical (unpaired) electrons. The number of hydrogen-bond acceptors (Lipinski definition) is 5. The van der Waals surface area contributed by atoms with Crippen molar-refractivity contribution in [2.24, 2.45) is 4.99 Å². The Morgan fingerprint density at radius 1 is 1.27 bits per heavy atom. The van der Waals surface area contributed by atoms with E-state index >= 15 is 0 Å². The molecule has 2 aromatic heterocycles. The van der Waals surface area contributed by atoms with Gasteiger partial charge in [0.2, 0.25) is 5.88 Å². The Morgan fingerprint density at radius 2 is 2.12 bits per heavy atom. The Balaban J connectivity index is 0.00000338. The zero-order chi connectivity index (χ0) is 17.9. The minimum absolute atomic E-state index is 0. The third kappa shape index (κ3) is 7.88. The second-order valence-electron chi connectivity index (χ2n) is 5.57. The number of methoxy groups -OCH3 is 1. The Hall–Kier alpha value is -1.39. The Labute approximate surface area is 176 Å². The summed E-state index contributed by atoms with van der Waals surface area (Å²) >= 11 is 1.78. The summed E-state index contributed by atoms with van der Waals surface area (Å²) < 4.78 is 10.4. The standard InChI is InChI=1S/C18H26N4O2S.HI/c1-14(16-5-4-10-25-16)11-21-18(19-2)22-13-15-6-7-17(20-12-15)24-9-8-23-3;/h4-7,10,12,14H,8-9,11,13H2,1-3H3,(H2,19,21,22);1H. The van der Waals surface area contributed by atoms with E-state index in [2.05, 4.69) is 45.0 Å². The predicted molar refractivity (Wildman–Crippen MR) is 118 cm³/mol. The first-order valence-electron chi connectivity index (χ1n) is 8.27. The van der Waals surface area contributed by atoms with Crippen LogP contribution in [0.15, 0.2) is 40.8 Å². The van der Waals surface area contributed by atoms with E-state index in [1.54, 1.807) is 31.7 Å². The van der Waals surface area contributed by atoms with Crippen LogP contribution >= 0.6 is 35.3 Å². The summed E-state index contributed by atoms with van der Waals surface area (Å²) in [7, 11) is 3.42. The van der Waals surface area contributed by atoms with Crippen LogP contribution in [0.1, 0.15) is 23.3 Å². The summed E-state index contributed by atoms with van der Waals surface area (Å²) in [5.74, 6) is 1.83. The molecule has 0 amide bonds. The van der Waals surface area contributed by atoms with E-state index in [4.69, 9.17) is 9.47 Å². The molecule has 2 aromatic rings.